The van der Waals surface area contributed by atoms with Gasteiger partial charge in [0.1, 0.15) is 22.8 Å². The van der Waals surface area contributed by atoms with Crippen molar-refractivity contribution in [2.75, 3.05) is 7.11 Å². The fourth-order valence-corrected chi connectivity index (χ4v) is 2.28. The molecule has 102 valence electrons. The molecule has 3 aromatic rings. The molecular formula is C15H15N3O2. The monoisotopic (exact) mass is 269 g/mol. The number of imidazole rings is 1. The number of aryl methyl sites for hydroxylation is 1. The highest BCUT2D eigenvalue weighted by Gasteiger charge is 2.15. The summed E-state index contributed by atoms with van der Waals surface area (Å²) in [5.41, 5.74) is 2.27. The van der Waals surface area contributed by atoms with Crippen molar-refractivity contribution in [1.29, 1.82) is 0 Å². The summed E-state index contributed by atoms with van der Waals surface area (Å²) < 4.78 is 7.19. The highest BCUT2D eigenvalue weighted by Crippen LogP contribution is 2.33. The Morgan fingerprint density at radius 2 is 2.15 bits per heavy atom. The fraction of sp³-hybridized carbons (Fsp3) is 0.200. The molecule has 0 atom stereocenters. The molecule has 0 radical (unpaired) electrons. The van der Waals surface area contributed by atoms with Gasteiger partial charge in [-0.25, -0.2) is 9.97 Å². The van der Waals surface area contributed by atoms with Crippen molar-refractivity contribution in [2.24, 2.45) is 0 Å². The number of pyridine rings is 1. The van der Waals surface area contributed by atoms with Crippen molar-refractivity contribution < 1.29 is 9.84 Å². The molecule has 0 amide bonds. The minimum atomic E-state index is 0.177. The van der Waals surface area contributed by atoms with Crippen LogP contribution in [0.4, 0.5) is 0 Å². The van der Waals surface area contributed by atoms with Crippen LogP contribution in [0.25, 0.3) is 22.6 Å². The zero-order valence-electron chi connectivity index (χ0n) is 11.4. The van der Waals surface area contributed by atoms with Gasteiger partial charge in [-0.1, -0.05) is 0 Å². The van der Waals surface area contributed by atoms with Gasteiger partial charge in [0.15, 0.2) is 5.65 Å². The first-order chi connectivity index (χ1) is 9.74. The fourth-order valence-electron chi connectivity index (χ4n) is 2.28. The third-order valence-electron chi connectivity index (χ3n) is 3.26. The van der Waals surface area contributed by atoms with Crippen molar-refractivity contribution >= 4 is 11.2 Å². The normalized spacial score (nSPS) is 10.9. The van der Waals surface area contributed by atoms with E-state index in [9.17, 15) is 5.11 Å². The molecular weight excluding hydrogens is 254 g/mol. The summed E-state index contributed by atoms with van der Waals surface area (Å²) in [4.78, 5) is 8.93. The van der Waals surface area contributed by atoms with Crippen molar-refractivity contribution in [3.63, 3.8) is 0 Å². The van der Waals surface area contributed by atoms with E-state index in [-0.39, 0.29) is 5.75 Å². The summed E-state index contributed by atoms with van der Waals surface area (Å²) in [6.45, 7) is 2.75. The summed E-state index contributed by atoms with van der Waals surface area (Å²) in [5.74, 6) is 1.55. The number of fused-ring (bicyclic) bond motifs is 1. The minimum Gasteiger partial charge on any atom is -0.507 e. The zero-order valence-corrected chi connectivity index (χ0v) is 11.4. The summed E-state index contributed by atoms with van der Waals surface area (Å²) in [6.07, 6.45) is 1.74. The van der Waals surface area contributed by atoms with E-state index in [0.29, 0.717) is 17.1 Å². The van der Waals surface area contributed by atoms with Crippen molar-refractivity contribution in [3.8, 4) is 22.9 Å². The van der Waals surface area contributed by atoms with E-state index in [2.05, 4.69) is 9.97 Å². The zero-order chi connectivity index (χ0) is 14.1. The number of nitrogens with zero attached hydrogens (tertiary/aromatic N) is 3. The molecule has 3 rings (SSSR count). The van der Waals surface area contributed by atoms with Crippen LogP contribution in [0.2, 0.25) is 0 Å². The lowest BCUT2D eigenvalue weighted by Gasteiger charge is -2.09. The molecule has 1 N–H and O–H groups in total. The molecule has 0 aliphatic heterocycles. The van der Waals surface area contributed by atoms with Crippen molar-refractivity contribution in [2.45, 2.75) is 13.5 Å². The number of methoxy groups -OCH3 is 1. The molecule has 0 bridgehead atoms. The molecule has 5 nitrogen and oxygen atoms in total. The number of hydrogen-bond donors (Lipinski definition) is 1. The van der Waals surface area contributed by atoms with Crippen LogP contribution in [0.1, 0.15) is 6.92 Å². The standard InChI is InChI=1S/C15H15N3O2/c1-3-18-14(17-12-5-4-8-16-15(12)18)11-9-10(20-2)6-7-13(11)19/h4-9,19H,3H2,1-2H3. The van der Waals surface area contributed by atoms with E-state index < -0.39 is 0 Å². The van der Waals surface area contributed by atoms with Gasteiger partial charge in [0.2, 0.25) is 0 Å². The molecule has 0 fully saturated rings. The van der Waals surface area contributed by atoms with E-state index in [0.717, 1.165) is 17.7 Å². The van der Waals surface area contributed by atoms with Gasteiger partial charge in [0.25, 0.3) is 0 Å². The first-order valence-corrected chi connectivity index (χ1v) is 6.43. The van der Waals surface area contributed by atoms with Gasteiger partial charge >= 0.3 is 0 Å². The number of benzene rings is 1. The van der Waals surface area contributed by atoms with Crippen LogP contribution in [-0.4, -0.2) is 26.8 Å². The third-order valence-corrected chi connectivity index (χ3v) is 3.26. The second-order valence-corrected chi connectivity index (χ2v) is 4.41. The van der Waals surface area contributed by atoms with E-state index in [1.54, 1.807) is 31.5 Å². The smallest absolute Gasteiger partial charge is 0.160 e. The SMILES string of the molecule is CCn1c(-c2cc(OC)ccc2O)nc2cccnc21. The second-order valence-electron chi connectivity index (χ2n) is 4.41. The number of rotatable bonds is 3. The van der Waals surface area contributed by atoms with E-state index in [1.807, 2.05) is 23.6 Å². The van der Waals surface area contributed by atoms with Crippen molar-refractivity contribution in [3.05, 3.63) is 36.5 Å². The average molecular weight is 269 g/mol. The molecule has 0 aliphatic rings. The van der Waals surface area contributed by atoms with Gasteiger partial charge in [-0.15, -0.1) is 0 Å². The molecule has 0 saturated heterocycles. The Labute approximate surface area is 116 Å². The molecule has 2 heterocycles. The van der Waals surface area contributed by atoms with E-state index in [1.165, 1.54) is 0 Å². The Bertz CT molecular complexity index is 765. The lowest BCUT2D eigenvalue weighted by Crippen LogP contribution is -1.99. The van der Waals surface area contributed by atoms with Gasteiger partial charge in [0, 0.05) is 12.7 Å². The predicted molar refractivity (Wildman–Crippen MR) is 76.9 cm³/mol. The van der Waals surface area contributed by atoms with Crippen LogP contribution in [-0.2, 0) is 6.54 Å². The number of ether oxygens (including phenoxy) is 1. The first-order valence-electron chi connectivity index (χ1n) is 6.43. The van der Waals surface area contributed by atoms with Gasteiger partial charge < -0.3 is 14.4 Å². The van der Waals surface area contributed by atoms with Crippen LogP contribution < -0.4 is 4.74 Å². The highest BCUT2D eigenvalue weighted by atomic mass is 16.5. The molecule has 0 spiro atoms. The highest BCUT2D eigenvalue weighted by molar-refractivity contribution is 5.79. The number of aromatic hydroxyl groups is 1. The maximum absolute atomic E-state index is 10.1. The molecule has 2 aromatic heterocycles. The summed E-state index contributed by atoms with van der Waals surface area (Å²) in [6, 6.07) is 8.87. The molecule has 0 aliphatic carbocycles. The van der Waals surface area contributed by atoms with Crippen LogP contribution in [0.5, 0.6) is 11.5 Å². The van der Waals surface area contributed by atoms with Crippen LogP contribution in [0.15, 0.2) is 36.5 Å². The molecule has 20 heavy (non-hydrogen) atoms. The minimum absolute atomic E-state index is 0.177. The van der Waals surface area contributed by atoms with E-state index >= 15 is 0 Å². The van der Waals surface area contributed by atoms with Gasteiger partial charge in [-0.05, 0) is 37.3 Å². The average Bonchev–Trinajstić information content (AvgIpc) is 2.86. The topological polar surface area (TPSA) is 60.2 Å². The second kappa shape index (κ2) is 4.85. The first kappa shape index (κ1) is 12.5. The Kier molecular flexibility index (Phi) is 3.02. The largest absolute Gasteiger partial charge is 0.507 e. The summed E-state index contributed by atoms with van der Waals surface area (Å²) in [7, 11) is 1.60. The van der Waals surface area contributed by atoms with Gasteiger partial charge in [-0.3, -0.25) is 0 Å². The summed E-state index contributed by atoms with van der Waals surface area (Å²) >= 11 is 0. The predicted octanol–water partition coefficient (Wildman–Crippen LogP) is 2.83. The van der Waals surface area contributed by atoms with Crippen LogP contribution >= 0.6 is 0 Å². The molecule has 0 unspecified atom stereocenters. The van der Waals surface area contributed by atoms with Gasteiger partial charge in [-0.2, -0.15) is 0 Å². The Morgan fingerprint density at radius 1 is 1.30 bits per heavy atom. The quantitative estimate of drug-likeness (QED) is 0.794. The summed E-state index contributed by atoms with van der Waals surface area (Å²) in [5, 5.41) is 10.1. The number of aromatic nitrogens is 3. The Morgan fingerprint density at radius 3 is 2.90 bits per heavy atom. The molecule has 0 saturated carbocycles. The maximum atomic E-state index is 10.1. The third kappa shape index (κ3) is 1.87. The maximum Gasteiger partial charge on any atom is 0.160 e. The molecule has 5 heteroatoms. The number of hydrogen-bond acceptors (Lipinski definition) is 4. The lowest BCUT2D eigenvalue weighted by atomic mass is 10.1. The number of phenols is 1. The van der Waals surface area contributed by atoms with E-state index in [4.69, 9.17) is 4.74 Å². The van der Waals surface area contributed by atoms with Gasteiger partial charge in [0.05, 0.1) is 12.7 Å². The number of phenolic OH excluding ortho intramolecular Hbond substituents is 1. The van der Waals surface area contributed by atoms with Crippen LogP contribution in [0.3, 0.4) is 0 Å². The van der Waals surface area contributed by atoms with Crippen LogP contribution in [0, 0.1) is 0 Å². The Hall–Kier alpha value is -2.56. The Balaban J connectivity index is 2.28. The molecule has 1 aromatic carbocycles. The lowest BCUT2D eigenvalue weighted by molar-refractivity contribution is 0.412. The van der Waals surface area contributed by atoms with Crippen molar-refractivity contribution in [1.82, 2.24) is 14.5 Å².